The highest BCUT2D eigenvalue weighted by Gasteiger charge is 2.13. The van der Waals surface area contributed by atoms with Gasteiger partial charge < -0.3 is 4.74 Å². The standard InChI is InChI=1S/C21H25N5O3/c1-6-29-17(27)8-7-15-13(4)22-21(25-19(15)28)26-20-23-14(5)16-10-11(2)9-12(3)18(16)24-20/h9-10H,6-8H2,1-5H3,(H2,22,23,24,25,26,28). The highest BCUT2D eigenvalue weighted by Crippen LogP contribution is 2.23. The van der Waals surface area contributed by atoms with Crippen LogP contribution in [0.25, 0.3) is 10.9 Å². The second-order valence-corrected chi connectivity index (χ2v) is 7.02. The lowest BCUT2D eigenvalue weighted by atomic mass is 10.1. The van der Waals surface area contributed by atoms with Crippen LogP contribution < -0.4 is 10.9 Å². The first-order valence-corrected chi connectivity index (χ1v) is 9.56. The van der Waals surface area contributed by atoms with Crippen LogP contribution >= 0.6 is 0 Å². The van der Waals surface area contributed by atoms with Crippen molar-refractivity contribution in [2.75, 3.05) is 11.9 Å². The minimum Gasteiger partial charge on any atom is -0.466 e. The molecule has 0 spiro atoms. The van der Waals surface area contributed by atoms with E-state index in [9.17, 15) is 9.59 Å². The molecule has 0 fully saturated rings. The molecule has 0 saturated carbocycles. The number of aryl methyl sites for hydroxylation is 4. The molecule has 0 radical (unpaired) electrons. The maximum Gasteiger partial charge on any atom is 0.306 e. The number of carbonyl (C=O) groups excluding carboxylic acids is 1. The van der Waals surface area contributed by atoms with Crippen molar-refractivity contribution in [2.45, 2.75) is 47.5 Å². The summed E-state index contributed by atoms with van der Waals surface area (Å²) in [6.45, 7) is 9.78. The average Bonchev–Trinajstić information content (AvgIpc) is 2.62. The van der Waals surface area contributed by atoms with Crippen LogP contribution in [-0.4, -0.2) is 32.5 Å². The van der Waals surface area contributed by atoms with E-state index in [4.69, 9.17) is 4.74 Å². The Morgan fingerprint density at radius 2 is 1.86 bits per heavy atom. The molecule has 152 valence electrons. The van der Waals surface area contributed by atoms with Crippen LogP contribution in [0.3, 0.4) is 0 Å². The number of esters is 1. The van der Waals surface area contributed by atoms with Crippen molar-refractivity contribution >= 4 is 28.8 Å². The van der Waals surface area contributed by atoms with Crippen LogP contribution in [0.15, 0.2) is 16.9 Å². The molecular weight excluding hydrogens is 370 g/mol. The summed E-state index contributed by atoms with van der Waals surface area (Å²) in [5.74, 6) is 0.291. The van der Waals surface area contributed by atoms with Gasteiger partial charge in [-0.3, -0.25) is 19.9 Å². The van der Waals surface area contributed by atoms with Crippen LogP contribution in [0.2, 0.25) is 0 Å². The number of hydrogen-bond donors (Lipinski definition) is 2. The highest BCUT2D eigenvalue weighted by molar-refractivity contribution is 5.85. The Kier molecular flexibility index (Phi) is 5.91. The molecule has 2 aromatic heterocycles. The van der Waals surface area contributed by atoms with Gasteiger partial charge in [-0.05, 0) is 52.7 Å². The fourth-order valence-electron chi connectivity index (χ4n) is 3.32. The Balaban J connectivity index is 1.87. The summed E-state index contributed by atoms with van der Waals surface area (Å²) in [6, 6.07) is 4.13. The predicted molar refractivity (Wildman–Crippen MR) is 112 cm³/mol. The summed E-state index contributed by atoms with van der Waals surface area (Å²) < 4.78 is 4.91. The van der Waals surface area contributed by atoms with Gasteiger partial charge in [0.15, 0.2) is 0 Å². The Hall–Kier alpha value is -3.29. The van der Waals surface area contributed by atoms with Gasteiger partial charge in [0, 0.05) is 23.1 Å². The van der Waals surface area contributed by atoms with E-state index >= 15 is 0 Å². The molecular formula is C21H25N5O3. The van der Waals surface area contributed by atoms with Crippen molar-refractivity contribution < 1.29 is 9.53 Å². The van der Waals surface area contributed by atoms with Gasteiger partial charge in [0.25, 0.3) is 5.56 Å². The van der Waals surface area contributed by atoms with E-state index in [1.807, 2.05) is 20.8 Å². The average molecular weight is 395 g/mol. The first-order valence-electron chi connectivity index (χ1n) is 9.56. The van der Waals surface area contributed by atoms with Gasteiger partial charge in [0.1, 0.15) is 0 Å². The van der Waals surface area contributed by atoms with Gasteiger partial charge in [0.05, 0.1) is 17.8 Å². The second kappa shape index (κ2) is 8.38. The smallest absolute Gasteiger partial charge is 0.306 e. The molecule has 0 aliphatic carbocycles. The minimum absolute atomic E-state index is 0.137. The number of aromatic nitrogens is 4. The lowest BCUT2D eigenvalue weighted by Crippen LogP contribution is -2.20. The monoisotopic (exact) mass is 395 g/mol. The molecule has 8 nitrogen and oxygen atoms in total. The number of aromatic amines is 1. The van der Waals surface area contributed by atoms with E-state index in [-0.39, 0.29) is 30.3 Å². The van der Waals surface area contributed by atoms with E-state index in [1.54, 1.807) is 13.8 Å². The summed E-state index contributed by atoms with van der Waals surface area (Å²) in [7, 11) is 0. The van der Waals surface area contributed by atoms with Gasteiger partial charge in [-0.25, -0.2) is 15.0 Å². The molecule has 0 aliphatic rings. The van der Waals surface area contributed by atoms with E-state index in [2.05, 4.69) is 37.4 Å². The Labute approximate surface area is 168 Å². The third-order valence-electron chi connectivity index (χ3n) is 4.66. The molecule has 8 heteroatoms. The molecule has 2 N–H and O–H groups in total. The van der Waals surface area contributed by atoms with Crippen LogP contribution in [0.4, 0.5) is 11.9 Å². The molecule has 2 heterocycles. The van der Waals surface area contributed by atoms with Crippen molar-refractivity contribution in [3.05, 3.63) is 50.6 Å². The lowest BCUT2D eigenvalue weighted by molar-refractivity contribution is -0.143. The zero-order valence-corrected chi connectivity index (χ0v) is 17.3. The fraction of sp³-hybridized carbons (Fsp3) is 0.381. The largest absolute Gasteiger partial charge is 0.466 e. The van der Waals surface area contributed by atoms with Crippen LogP contribution in [-0.2, 0) is 16.0 Å². The molecule has 1 aromatic carbocycles. The molecule has 0 atom stereocenters. The maximum atomic E-state index is 12.5. The summed E-state index contributed by atoms with van der Waals surface area (Å²) in [6.07, 6.45) is 0.412. The number of rotatable bonds is 6. The summed E-state index contributed by atoms with van der Waals surface area (Å²) in [5.41, 5.74) is 4.62. The number of nitrogens with zero attached hydrogens (tertiary/aromatic N) is 3. The molecule has 0 unspecified atom stereocenters. The Bertz CT molecular complexity index is 1140. The number of ether oxygens (including phenoxy) is 1. The van der Waals surface area contributed by atoms with E-state index < -0.39 is 0 Å². The molecule has 29 heavy (non-hydrogen) atoms. The molecule has 3 aromatic rings. The Morgan fingerprint density at radius 3 is 2.55 bits per heavy atom. The first-order chi connectivity index (χ1) is 13.8. The van der Waals surface area contributed by atoms with Crippen LogP contribution in [0.1, 0.15) is 41.4 Å². The number of hydrogen-bond acceptors (Lipinski definition) is 7. The van der Waals surface area contributed by atoms with E-state index in [0.29, 0.717) is 23.8 Å². The Morgan fingerprint density at radius 1 is 1.10 bits per heavy atom. The number of nitrogens with one attached hydrogen (secondary N) is 2. The maximum absolute atomic E-state index is 12.5. The van der Waals surface area contributed by atoms with Gasteiger partial charge >= 0.3 is 5.97 Å². The molecule has 0 aliphatic heterocycles. The molecule has 0 bridgehead atoms. The van der Waals surface area contributed by atoms with E-state index in [1.165, 1.54) is 0 Å². The highest BCUT2D eigenvalue weighted by atomic mass is 16.5. The molecule has 3 rings (SSSR count). The summed E-state index contributed by atoms with van der Waals surface area (Å²) >= 11 is 0. The van der Waals surface area contributed by atoms with Gasteiger partial charge in [0.2, 0.25) is 11.9 Å². The van der Waals surface area contributed by atoms with Crippen molar-refractivity contribution in [3.63, 3.8) is 0 Å². The second-order valence-electron chi connectivity index (χ2n) is 7.02. The normalized spacial score (nSPS) is 10.9. The fourth-order valence-corrected chi connectivity index (χ4v) is 3.32. The van der Waals surface area contributed by atoms with Crippen molar-refractivity contribution in [1.29, 1.82) is 0 Å². The van der Waals surface area contributed by atoms with Crippen molar-refractivity contribution in [1.82, 2.24) is 19.9 Å². The third-order valence-corrected chi connectivity index (χ3v) is 4.66. The number of anilines is 2. The van der Waals surface area contributed by atoms with Gasteiger partial charge in [-0.15, -0.1) is 0 Å². The van der Waals surface area contributed by atoms with Crippen LogP contribution in [0.5, 0.6) is 0 Å². The topological polar surface area (TPSA) is 110 Å². The number of H-pyrrole nitrogens is 1. The SMILES string of the molecule is CCOC(=O)CCc1c(C)nc(Nc2nc(C)c3cc(C)cc(C)c3n2)[nH]c1=O. The summed E-state index contributed by atoms with van der Waals surface area (Å²) in [5, 5.41) is 3.99. The van der Waals surface area contributed by atoms with E-state index in [0.717, 1.165) is 27.7 Å². The van der Waals surface area contributed by atoms with Gasteiger partial charge in [-0.1, -0.05) is 11.6 Å². The zero-order chi connectivity index (χ0) is 21.1. The minimum atomic E-state index is -0.334. The quantitative estimate of drug-likeness (QED) is 0.617. The number of carbonyl (C=O) groups is 1. The third kappa shape index (κ3) is 4.59. The van der Waals surface area contributed by atoms with Gasteiger partial charge in [-0.2, -0.15) is 0 Å². The van der Waals surface area contributed by atoms with Crippen molar-refractivity contribution in [2.24, 2.45) is 0 Å². The molecule has 0 saturated heterocycles. The summed E-state index contributed by atoms with van der Waals surface area (Å²) in [4.78, 5) is 40.2. The van der Waals surface area contributed by atoms with Crippen molar-refractivity contribution in [3.8, 4) is 0 Å². The first kappa shape index (κ1) is 20.4. The number of benzene rings is 1. The molecule has 0 amide bonds. The van der Waals surface area contributed by atoms with Crippen LogP contribution in [0, 0.1) is 27.7 Å². The lowest BCUT2D eigenvalue weighted by Gasteiger charge is -2.11. The number of fused-ring (bicyclic) bond motifs is 1. The predicted octanol–water partition coefficient (Wildman–Crippen LogP) is 3.19. The zero-order valence-electron chi connectivity index (χ0n) is 17.3.